The number of hydrogen-bond acceptors (Lipinski definition) is 6. The van der Waals surface area contributed by atoms with Crippen molar-refractivity contribution in [3.63, 3.8) is 0 Å². The zero-order valence-corrected chi connectivity index (χ0v) is 27.7. The molecule has 1 atom stereocenters. The molecule has 0 radical (unpaired) electrons. The van der Waals surface area contributed by atoms with E-state index in [-0.39, 0.29) is 0 Å². The molecular formula is C46H28N4O2. The van der Waals surface area contributed by atoms with Crippen LogP contribution in [-0.4, -0.2) is 16.7 Å². The van der Waals surface area contributed by atoms with E-state index in [1.165, 1.54) is 0 Å². The van der Waals surface area contributed by atoms with Crippen molar-refractivity contribution in [1.29, 1.82) is 0 Å². The minimum absolute atomic E-state index is 0.406. The summed E-state index contributed by atoms with van der Waals surface area (Å²) in [5.74, 6) is 1.42. The number of nitrogens with one attached hydrogen (secondary N) is 1. The number of furan rings is 2. The SMILES string of the molecule is c1ccc(C2=NC(c3cccc4oc5ccccc5c34)=NC(c3ccc(-c4cccc5oc6nc7ccccc7cc6c45)c4ccccc34)N2)cc1. The van der Waals surface area contributed by atoms with Crippen LogP contribution < -0.4 is 5.32 Å². The fourth-order valence-electron chi connectivity index (χ4n) is 7.81. The highest BCUT2D eigenvalue weighted by atomic mass is 16.3. The highest BCUT2D eigenvalue weighted by molar-refractivity contribution is 6.22. The summed E-state index contributed by atoms with van der Waals surface area (Å²) in [6.45, 7) is 0. The highest BCUT2D eigenvalue weighted by Crippen LogP contribution is 2.42. The third-order valence-electron chi connectivity index (χ3n) is 10.2. The predicted octanol–water partition coefficient (Wildman–Crippen LogP) is 11.3. The van der Waals surface area contributed by atoms with Crippen molar-refractivity contribution in [3.05, 3.63) is 174 Å². The number of fused-ring (bicyclic) bond motifs is 8. The van der Waals surface area contributed by atoms with Gasteiger partial charge in [-0.15, -0.1) is 0 Å². The van der Waals surface area contributed by atoms with Gasteiger partial charge in [0.15, 0.2) is 5.84 Å². The Hall–Kier alpha value is -7.05. The normalized spacial score (nSPS) is 14.7. The Kier molecular flexibility index (Phi) is 6.21. The first-order valence-electron chi connectivity index (χ1n) is 17.4. The van der Waals surface area contributed by atoms with Crippen molar-refractivity contribution in [2.45, 2.75) is 6.17 Å². The first-order chi connectivity index (χ1) is 25.8. The molecule has 10 aromatic rings. The van der Waals surface area contributed by atoms with Crippen molar-refractivity contribution < 1.29 is 8.83 Å². The van der Waals surface area contributed by atoms with E-state index in [2.05, 4.69) is 90.2 Å². The van der Waals surface area contributed by atoms with Crippen LogP contribution in [-0.2, 0) is 0 Å². The first-order valence-corrected chi connectivity index (χ1v) is 17.4. The van der Waals surface area contributed by atoms with Crippen LogP contribution in [0.3, 0.4) is 0 Å². The third-order valence-corrected chi connectivity index (χ3v) is 10.2. The van der Waals surface area contributed by atoms with E-state index in [9.17, 15) is 0 Å². The molecule has 7 aromatic carbocycles. The zero-order valence-electron chi connectivity index (χ0n) is 27.7. The van der Waals surface area contributed by atoms with Gasteiger partial charge in [-0.05, 0) is 52.2 Å². The molecule has 0 aliphatic carbocycles. The fraction of sp³-hybridized carbons (Fsp3) is 0.0217. The molecule has 0 fully saturated rings. The molecule has 0 amide bonds. The van der Waals surface area contributed by atoms with Gasteiger partial charge >= 0.3 is 0 Å². The van der Waals surface area contributed by atoms with Crippen LogP contribution in [0.25, 0.3) is 76.8 Å². The fourth-order valence-corrected chi connectivity index (χ4v) is 7.81. The molecule has 0 bridgehead atoms. The molecular weight excluding hydrogens is 641 g/mol. The molecule has 6 heteroatoms. The largest absolute Gasteiger partial charge is 0.456 e. The Morgan fingerprint density at radius 1 is 0.500 bits per heavy atom. The van der Waals surface area contributed by atoms with Gasteiger partial charge in [-0.3, -0.25) is 0 Å². The van der Waals surface area contributed by atoms with Crippen LogP contribution in [0.5, 0.6) is 0 Å². The molecule has 0 saturated heterocycles. The number of aromatic nitrogens is 1. The molecule has 0 saturated carbocycles. The zero-order chi connectivity index (χ0) is 34.2. The van der Waals surface area contributed by atoms with Crippen molar-refractivity contribution in [1.82, 2.24) is 10.3 Å². The Bertz CT molecular complexity index is 3120. The van der Waals surface area contributed by atoms with Crippen molar-refractivity contribution >= 4 is 77.4 Å². The Morgan fingerprint density at radius 2 is 1.19 bits per heavy atom. The molecule has 1 aliphatic heterocycles. The van der Waals surface area contributed by atoms with Crippen molar-refractivity contribution in [3.8, 4) is 11.1 Å². The summed E-state index contributed by atoms with van der Waals surface area (Å²) in [6, 6.07) is 54.1. The highest BCUT2D eigenvalue weighted by Gasteiger charge is 2.26. The van der Waals surface area contributed by atoms with Gasteiger partial charge in [-0.2, -0.15) is 0 Å². The standard InChI is InChI=1S/C46H28N4O2/c1-2-12-27(13-3-1)43-48-44(50-45(49-43)35-19-11-22-39-42(35)34-17-7-9-21-38(34)51-39)33-25-24-31(29-15-5-6-16-30(29)33)32-18-10-23-40-41(32)36-26-28-14-4-8-20-37(28)47-46(36)52-40/h1-26,44H,(H,48,49,50). The number of rotatable bonds is 4. The molecule has 6 nitrogen and oxygen atoms in total. The Morgan fingerprint density at radius 3 is 2.08 bits per heavy atom. The van der Waals surface area contributed by atoms with Gasteiger partial charge in [0.1, 0.15) is 28.8 Å². The molecule has 1 unspecified atom stereocenters. The maximum absolute atomic E-state index is 6.35. The van der Waals surface area contributed by atoms with Gasteiger partial charge in [-0.25, -0.2) is 15.0 Å². The summed E-state index contributed by atoms with van der Waals surface area (Å²) in [5, 5.41) is 11.1. The summed E-state index contributed by atoms with van der Waals surface area (Å²) >= 11 is 0. The molecule has 3 aromatic heterocycles. The van der Waals surface area contributed by atoms with Gasteiger partial charge < -0.3 is 14.2 Å². The van der Waals surface area contributed by atoms with Crippen molar-refractivity contribution in [2.24, 2.45) is 9.98 Å². The molecule has 52 heavy (non-hydrogen) atoms. The second-order valence-electron chi connectivity index (χ2n) is 13.2. The van der Waals surface area contributed by atoms with Crippen LogP contribution in [0, 0.1) is 0 Å². The van der Waals surface area contributed by atoms with Crippen LogP contribution in [0.1, 0.15) is 22.9 Å². The van der Waals surface area contributed by atoms with Crippen LogP contribution in [0.2, 0.25) is 0 Å². The topological polar surface area (TPSA) is 75.9 Å². The Balaban J connectivity index is 1.11. The van der Waals surface area contributed by atoms with E-state index < -0.39 is 6.17 Å². The second-order valence-corrected chi connectivity index (χ2v) is 13.2. The van der Waals surface area contributed by atoms with E-state index in [1.54, 1.807) is 0 Å². The van der Waals surface area contributed by atoms with Crippen molar-refractivity contribution in [2.75, 3.05) is 0 Å². The van der Waals surface area contributed by atoms with E-state index in [0.717, 1.165) is 93.6 Å². The van der Waals surface area contributed by atoms with Gasteiger partial charge in [-0.1, -0.05) is 127 Å². The van der Waals surface area contributed by atoms with Gasteiger partial charge in [0.05, 0.1) is 5.52 Å². The van der Waals surface area contributed by atoms with Gasteiger partial charge in [0.2, 0.25) is 5.71 Å². The van der Waals surface area contributed by atoms with E-state index >= 15 is 0 Å². The molecule has 4 heterocycles. The number of amidine groups is 2. The lowest BCUT2D eigenvalue weighted by Crippen LogP contribution is -2.33. The molecule has 244 valence electrons. The average molecular weight is 669 g/mol. The molecule has 1 N–H and O–H groups in total. The number of nitrogens with zero attached hydrogens (tertiary/aromatic N) is 3. The number of hydrogen-bond donors (Lipinski definition) is 1. The van der Waals surface area contributed by atoms with E-state index in [4.69, 9.17) is 23.8 Å². The lowest BCUT2D eigenvalue weighted by Gasteiger charge is -2.25. The second kappa shape index (κ2) is 11.2. The summed E-state index contributed by atoms with van der Waals surface area (Å²) in [6.07, 6.45) is -0.406. The molecule has 0 spiro atoms. The minimum atomic E-state index is -0.406. The molecule has 11 rings (SSSR count). The van der Waals surface area contributed by atoms with Crippen LogP contribution in [0.15, 0.2) is 177 Å². The maximum Gasteiger partial charge on any atom is 0.227 e. The summed E-state index contributed by atoms with van der Waals surface area (Å²) in [4.78, 5) is 15.4. The summed E-state index contributed by atoms with van der Waals surface area (Å²) in [7, 11) is 0. The number of pyridine rings is 1. The summed E-state index contributed by atoms with van der Waals surface area (Å²) < 4.78 is 12.6. The smallest absolute Gasteiger partial charge is 0.227 e. The van der Waals surface area contributed by atoms with Gasteiger partial charge in [0, 0.05) is 43.6 Å². The van der Waals surface area contributed by atoms with E-state index in [1.807, 2.05) is 72.8 Å². The first kappa shape index (κ1) is 28.8. The number of aliphatic imine (C=N–C) groups is 2. The van der Waals surface area contributed by atoms with Crippen LogP contribution >= 0.6 is 0 Å². The monoisotopic (exact) mass is 668 g/mol. The van der Waals surface area contributed by atoms with Crippen LogP contribution in [0.4, 0.5) is 0 Å². The average Bonchev–Trinajstić information content (AvgIpc) is 3.78. The molecule has 1 aliphatic rings. The third kappa shape index (κ3) is 4.41. The minimum Gasteiger partial charge on any atom is -0.456 e. The van der Waals surface area contributed by atoms with Gasteiger partial charge in [0.25, 0.3) is 0 Å². The number of benzene rings is 7. The Labute approximate surface area is 297 Å². The maximum atomic E-state index is 6.35. The summed E-state index contributed by atoms with van der Waals surface area (Å²) in [5.41, 5.74) is 9.23. The lowest BCUT2D eigenvalue weighted by atomic mass is 9.91. The van der Waals surface area contributed by atoms with E-state index in [0.29, 0.717) is 11.5 Å². The quantitative estimate of drug-likeness (QED) is 0.202. The predicted molar refractivity (Wildman–Crippen MR) is 211 cm³/mol. The number of para-hydroxylation sites is 2. The lowest BCUT2D eigenvalue weighted by molar-refractivity contribution is 0.656.